The Morgan fingerprint density at radius 1 is 1.33 bits per heavy atom. The number of pyridine rings is 1. The van der Waals surface area contributed by atoms with Crippen molar-refractivity contribution in [1.29, 1.82) is 0 Å². The average molecular weight is 162 g/mol. The molecule has 0 atom stereocenters. The van der Waals surface area contributed by atoms with E-state index in [1.54, 1.807) is 0 Å². The SMILES string of the molecule is CN(c1ccncc1)C1CCC1. The summed E-state index contributed by atoms with van der Waals surface area (Å²) in [6, 6.07) is 4.91. The highest BCUT2D eigenvalue weighted by molar-refractivity contribution is 5.45. The van der Waals surface area contributed by atoms with Crippen molar-refractivity contribution < 1.29 is 0 Å². The second-order valence-corrected chi connectivity index (χ2v) is 3.40. The summed E-state index contributed by atoms with van der Waals surface area (Å²) in [7, 11) is 2.17. The molecule has 2 rings (SSSR count). The Balaban J connectivity index is 2.08. The van der Waals surface area contributed by atoms with Gasteiger partial charge in [-0.2, -0.15) is 0 Å². The quantitative estimate of drug-likeness (QED) is 0.661. The van der Waals surface area contributed by atoms with Crippen LogP contribution < -0.4 is 4.90 Å². The van der Waals surface area contributed by atoms with Crippen LogP contribution in [0.1, 0.15) is 19.3 Å². The standard InChI is InChI=1S/C10H14N2/c1-12(9-3-2-4-9)10-5-7-11-8-6-10/h5-9H,2-4H2,1H3. The molecule has 12 heavy (non-hydrogen) atoms. The van der Waals surface area contributed by atoms with Gasteiger partial charge < -0.3 is 4.90 Å². The molecule has 0 spiro atoms. The summed E-state index contributed by atoms with van der Waals surface area (Å²) in [5.41, 5.74) is 1.29. The Hall–Kier alpha value is -1.05. The van der Waals surface area contributed by atoms with Gasteiger partial charge in [0.25, 0.3) is 0 Å². The van der Waals surface area contributed by atoms with Crippen molar-refractivity contribution in [2.24, 2.45) is 0 Å². The summed E-state index contributed by atoms with van der Waals surface area (Å²) >= 11 is 0. The Morgan fingerprint density at radius 2 is 2.00 bits per heavy atom. The van der Waals surface area contributed by atoms with Gasteiger partial charge in [-0.3, -0.25) is 4.98 Å². The number of hydrogen-bond donors (Lipinski definition) is 0. The fourth-order valence-corrected chi connectivity index (χ4v) is 1.56. The lowest BCUT2D eigenvalue weighted by Crippen LogP contribution is -2.36. The fourth-order valence-electron chi connectivity index (χ4n) is 1.56. The second-order valence-electron chi connectivity index (χ2n) is 3.40. The molecule has 1 fully saturated rings. The lowest BCUT2D eigenvalue weighted by atomic mass is 9.91. The van der Waals surface area contributed by atoms with Crippen LogP contribution in [0.5, 0.6) is 0 Å². The fraction of sp³-hybridized carbons (Fsp3) is 0.500. The molecule has 1 saturated carbocycles. The zero-order valence-corrected chi connectivity index (χ0v) is 7.40. The lowest BCUT2D eigenvalue weighted by Gasteiger charge is -2.36. The maximum Gasteiger partial charge on any atom is 0.0396 e. The first-order valence-electron chi connectivity index (χ1n) is 4.51. The van der Waals surface area contributed by atoms with E-state index in [2.05, 4.69) is 29.1 Å². The van der Waals surface area contributed by atoms with E-state index >= 15 is 0 Å². The molecule has 0 amide bonds. The molecule has 0 aliphatic heterocycles. The van der Waals surface area contributed by atoms with Crippen LogP contribution in [0.3, 0.4) is 0 Å². The smallest absolute Gasteiger partial charge is 0.0396 e. The van der Waals surface area contributed by atoms with E-state index in [9.17, 15) is 0 Å². The van der Waals surface area contributed by atoms with Crippen LogP contribution in [-0.2, 0) is 0 Å². The van der Waals surface area contributed by atoms with Crippen LogP contribution >= 0.6 is 0 Å². The number of rotatable bonds is 2. The predicted molar refractivity (Wildman–Crippen MR) is 50.3 cm³/mol. The van der Waals surface area contributed by atoms with Crippen molar-refractivity contribution in [3.8, 4) is 0 Å². The molecule has 1 aliphatic carbocycles. The molecule has 0 bridgehead atoms. The monoisotopic (exact) mass is 162 g/mol. The van der Waals surface area contributed by atoms with E-state index in [1.807, 2.05) is 12.4 Å². The summed E-state index contributed by atoms with van der Waals surface area (Å²) in [4.78, 5) is 6.36. The molecular formula is C10H14N2. The van der Waals surface area contributed by atoms with Crippen LogP contribution in [0.15, 0.2) is 24.5 Å². The highest BCUT2D eigenvalue weighted by atomic mass is 15.1. The third-order valence-corrected chi connectivity index (χ3v) is 2.69. The normalized spacial score (nSPS) is 17.1. The molecule has 64 valence electrons. The largest absolute Gasteiger partial charge is 0.372 e. The molecule has 1 aromatic rings. The molecule has 1 heterocycles. The third-order valence-electron chi connectivity index (χ3n) is 2.69. The molecule has 2 heteroatoms. The Bertz CT molecular complexity index is 241. The predicted octanol–water partition coefficient (Wildman–Crippen LogP) is 2.07. The van der Waals surface area contributed by atoms with Crippen LogP contribution in [-0.4, -0.2) is 18.1 Å². The highest BCUT2D eigenvalue weighted by Crippen LogP contribution is 2.27. The maximum absolute atomic E-state index is 4.00. The van der Waals surface area contributed by atoms with Crippen molar-refractivity contribution in [3.63, 3.8) is 0 Å². The van der Waals surface area contributed by atoms with Gasteiger partial charge in [-0.1, -0.05) is 0 Å². The molecule has 2 nitrogen and oxygen atoms in total. The van der Waals surface area contributed by atoms with Crippen molar-refractivity contribution in [3.05, 3.63) is 24.5 Å². The minimum Gasteiger partial charge on any atom is -0.372 e. The van der Waals surface area contributed by atoms with Crippen LogP contribution in [0.2, 0.25) is 0 Å². The molecule has 0 saturated heterocycles. The van der Waals surface area contributed by atoms with Crippen LogP contribution in [0.4, 0.5) is 5.69 Å². The second kappa shape index (κ2) is 3.13. The first kappa shape index (κ1) is 7.59. The van der Waals surface area contributed by atoms with Crippen molar-refractivity contribution in [1.82, 2.24) is 4.98 Å². The van der Waals surface area contributed by atoms with Crippen molar-refractivity contribution in [2.45, 2.75) is 25.3 Å². The third kappa shape index (κ3) is 1.29. The first-order chi connectivity index (χ1) is 5.88. The minimum absolute atomic E-state index is 0.771. The van der Waals surface area contributed by atoms with E-state index in [4.69, 9.17) is 0 Å². The van der Waals surface area contributed by atoms with Gasteiger partial charge in [-0.15, -0.1) is 0 Å². The Kier molecular flexibility index (Phi) is 1.98. The topological polar surface area (TPSA) is 16.1 Å². The molecule has 0 aromatic carbocycles. The summed E-state index contributed by atoms with van der Waals surface area (Å²) in [5.74, 6) is 0. The van der Waals surface area contributed by atoms with Gasteiger partial charge in [0.15, 0.2) is 0 Å². The molecule has 0 unspecified atom stereocenters. The van der Waals surface area contributed by atoms with E-state index in [0.717, 1.165) is 6.04 Å². The summed E-state index contributed by atoms with van der Waals surface area (Å²) in [6.45, 7) is 0. The molecule has 0 radical (unpaired) electrons. The van der Waals surface area contributed by atoms with E-state index in [1.165, 1.54) is 24.9 Å². The number of anilines is 1. The number of aromatic nitrogens is 1. The van der Waals surface area contributed by atoms with Crippen LogP contribution in [0, 0.1) is 0 Å². The number of hydrogen-bond acceptors (Lipinski definition) is 2. The summed E-state index contributed by atoms with van der Waals surface area (Å²) < 4.78 is 0. The van der Waals surface area contributed by atoms with Gasteiger partial charge in [-0.25, -0.2) is 0 Å². The van der Waals surface area contributed by atoms with Gasteiger partial charge in [0.1, 0.15) is 0 Å². The zero-order valence-electron chi connectivity index (χ0n) is 7.40. The maximum atomic E-state index is 4.00. The van der Waals surface area contributed by atoms with Crippen molar-refractivity contribution in [2.75, 3.05) is 11.9 Å². The number of nitrogens with zero attached hydrogens (tertiary/aromatic N) is 2. The molecule has 1 aliphatic rings. The molecule has 0 N–H and O–H groups in total. The average Bonchev–Trinajstić information content (AvgIpc) is 2.03. The van der Waals surface area contributed by atoms with Gasteiger partial charge in [0.05, 0.1) is 0 Å². The van der Waals surface area contributed by atoms with E-state index in [-0.39, 0.29) is 0 Å². The van der Waals surface area contributed by atoms with E-state index in [0.29, 0.717) is 0 Å². The highest BCUT2D eigenvalue weighted by Gasteiger charge is 2.21. The summed E-state index contributed by atoms with van der Waals surface area (Å²) in [6.07, 6.45) is 7.78. The Labute approximate surface area is 73.2 Å². The van der Waals surface area contributed by atoms with Gasteiger partial charge >= 0.3 is 0 Å². The summed E-state index contributed by atoms with van der Waals surface area (Å²) in [5, 5.41) is 0. The van der Waals surface area contributed by atoms with Gasteiger partial charge in [-0.05, 0) is 31.4 Å². The zero-order chi connectivity index (χ0) is 8.39. The van der Waals surface area contributed by atoms with Crippen LogP contribution in [0.25, 0.3) is 0 Å². The molecule has 1 aromatic heterocycles. The molecular weight excluding hydrogens is 148 g/mol. The lowest BCUT2D eigenvalue weighted by molar-refractivity contribution is 0.401. The Morgan fingerprint density at radius 3 is 2.50 bits per heavy atom. The van der Waals surface area contributed by atoms with E-state index < -0.39 is 0 Å². The van der Waals surface area contributed by atoms with Crippen molar-refractivity contribution >= 4 is 5.69 Å². The van der Waals surface area contributed by atoms with Gasteiger partial charge in [0.2, 0.25) is 0 Å². The minimum atomic E-state index is 0.771. The van der Waals surface area contributed by atoms with Gasteiger partial charge in [0, 0.05) is 31.2 Å². The first-order valence-corrected chi connectivity index (χ1v) is 4.51.